The quantitative estimate of drug-likeness (QED) is 0.702. The van der Waals surface area contributed by atoms with Gasteiger partial charge in [0, 0.05) is 37.9 Å². The molecule has 1 aromatic rings. The zero-order chi connectivity index (χ0) is 14.7. The number of carbonyl (C=O) groups is 2. The Morgan fingerprint density at radius 2 is 2.35 bits per heavy atom. The van der Waals surface area contributed by atoms with Crippen molar-refractivity contribution in [1.29, 1.82) is 0 Å². The number of aliphatic carboxylic acids is 1. The van der Waals surface area contributed by atoms with Gasteiger partial charge < -0.3 is 21.1 Å². The molecular weight excluding hydrogens is 262 g/mol. The molecule has 2 amide bonds. The van der Waals surface area contributed by atoms with Crippen LogP contribution < -0.4 is 11.1 Å². The lowest BCUT2D eigenvalue weighted by atomic mass is 10.1. The van der Waals surface area contributed by atoms with Crippen molar-refractivity contribution in [2.45, 2.75) is 24.9 Å². The number of carboxylic acid groups (broad SMARTS) is 1. The summed E-state index contributed by atoms with van der Waals surface area (Å²) in [5.41, 5.74) is 6.26. The van der Waals surface area contributed by atoms with E-state index in [4.69, 9.17) is 5.73 Å². The van der Waals surface area contributed by atoms with E-state index in [0.29, 0.717) is 18.7 Å². The number of nitrogens with one attached hydrogen (secondary N) is 1. The topological polar surface area (TPSA) is 113 Å². The highest BCUT2D eigenvalue weighted by Crippen LogP contribution is 2.14. The van der Waals surface area contributed by atoms with Gasteiger partial charge in [-0.1, -0.05) is 0 Å². The van der Waals surface area contributed by atoms with Crippen LogP contribution in [0.3, 0.4) is 0 Å². The molecule has 0 radical (unpaired) electrons. The Morgan fingerprint density at radius 3 is 2.90 bits per heavy atom. The van der Waals surface area contributed by atoms with E-state index < -0.39 is 18.0 Å². The summed E-state index contributed by atoms with van der Waals surface area (Å²) in [5, 5.41) is 15.7. The van der Waals surface area contributed by atoms with Gasteiger partial charge in [0.1, 0.15) is 0 Å². The summed E-state index contributed by atoms with van der Waals surface area (Å²) in [6, 6.07) is -1.55. The van der Waals surface area contributed by atoms with E-state index in [2.05, 4.69) is 10.4 Å². The Kier molecular flexibility index (Phi) is 4.23. The minimum atomic E-state index is -1.12. The number of aromatic nitrogens is 2. The molecule has 1 aliphatic heterocycles. The number of piperidine rings is 1. The molecule has 0 spiro atoms. The number of hydrogen-bond acceptors (Lipinski definition) is 4. The van der Waals surface area contributed by atoms with Crippen LogP contribution in [0.1, 0.15) is 24.4 Å². The average molecular weight is 281 g/mol. The third-order valence-corrected chi connectivity index (χ3v) is 3.32. The molecular formula is C12H19N5O3. The number of carboxylic acids is 1. The summed E-state index contributed by atoms with van der Waals surface area (Å²) in [6.07, 6.45) is 4.72. The van der Waals surface area contributed by atoms with E-state index in [0.717, 1.165) is 12.8 Å². The molecule has 1 fully saturated rings. The second-order valence-electron chi connectivity index (χ2n) is 5.02. The van der Waals surface area contributed by atoms with Gasteiger partial charge in [-0.25, -0.2) is 9.59 Å². The van der Waals surface area contributed by atoms with E-state index in [1.807, 2.05) is 0 Å². The first-order valence-electron chi connectivity index (χ1n) is 6.49. The molecule has 8 nitrogen and oxygen atoms in total. The number of nitrogens with zero attached hydrogens (tertiary/aromatic N) is 3. The van der Waals surface area contributed by atoms with Gasteiger partial charge in [-0.05, 0) is 12.8 Å². The first kappa shape index (κ1) is 14.3. The first-order valence-corrected chi connectivity index (χ1v) is 6.49. The molecule has 1 aromatic heterocycles. The van der Waals surface area contributed by atoms with Gasteiger partial charge in [-0.15, -0.1) is 0 Å². The minimum Gasteiger partial charge on any atom is -0.479 e. The second kappa shape index (κ2) is 5.91. The Labute approximate surface area is 116 Å². The third kappa shape index (κ3) is 3.27. The molecule has 4 N–H and O–H groups in total. The molecule has 1 saturated heterocycles. The van der Waals surface area contributed by atoms with Crippen molar-refractivity contribution in [3.05, 3.63) is 18.0 Å². The Hall–Kier alpha value is -2.09. The molecule has 2 heterocycles. The zero-order valence-electron chi connectivity index (χ0n) is 11.3. The van der Waals surface area contributed by atoms with Crippen LogP contribution in [-0.4, -0.2) is 50.9 Å². The largest absolute Gasteiger partial charge is 0.479 e. The van der Waals surface area contributed by atoms with Gasteiger partial charge in [0.15, 0.2) is 6.04 Å². The molecule has 0 bridgehead atoms. The molecule has 0 aliphatic carbocycles. The number of amides is 2. The van der Waals surface area contributed by atoms with Crippen LogP contribution in [0.2, 0.25) is 0 Å². The molecule has 2 atom stereocenters. The van der Waals surface area contributed by atoms with Crippen LogP contribution in [0.5, 0.6) is 0 Å². The van der Waals surface area contributed by atoms with Crippen molar-refractivity contribution in [1.82, 2.24) is 20.0 Å². The maximum Gasteiger partial charge on any atom is 0.331 e. The predicted molar refractivity (Wildman–Crippen MR) is 70.9 cm³/mol. The smallest absolute Gasteiger partial charge is 0.331 e. The van der Waals surface area contributed by atoms with Gasteiger partial charge in [0.25, 0.3) is 0 Å². The fourth-order valence-electron chi connectivity index (χ4n) is 2.29. The molecule has 8 heteroatoms. The Bertz CT molecular complexity index is 501. The van der Waals surface area contributed by atoms with Crippen molar-refractivity contribution in [3.8, 4) is 0 Å². The maximum absolute atomic E-state index is 12.1. The number of rotatable bonds is 3. The number of carbonyl (C=O) groups excluding carboxylic acids is 1. The molecule has 2 rings (SSSR count). The predicted octanol–water partition coefficient (Wildman–Crippen LogP) is -0.321. The van der Waals surface area contributed by atoms with Crippen LogP contribution in [0.4, 0.5) is 4.79 Å². The van der Waals surface area contributed by atoms with E-state index in [1.165, 1.54) is 10.9 Å². The van der Waals surface area contributed by atoms with E-state index >= 15 is 0 Å². The van der Waals surface area contributed by atoms with Crippen LogP contribution >= 0.6 is 0 Å². The molecule has 2 unspecified atom stereocenters. The van der Waals surface area contributed by atoms with Crippen molar-refractivity contribution in [2.24, 2.45) is 12.8 Å². The minimum absolute atomic E-state index is 0.0452. The van der Waals surface area contributed by atoms with E-state index in [1.54, 1.807) is 18.1 Å². The fourth-order valence-corrected chi connectivity index (χ4v) is 2.29. The number of likely N-dealkylation sites (tertiary alicyclic amines) is 1. The molecule has 110 valence electrons. The number of urea groups is 1. The average Bonchev–Trinajstić information content (AvgIpc) is 2.81. The lowest BCUT2D eigenvalue weighted by molar-refractivity contribution is -0.139. The molecule has 0 aromatic carbocycles. The summed E-state index contributed by atoms with van der Waals surface area (Å²) in [4.78, 5) is 25.0. The third-order valence-electron chi connectivity index (χ3n) is 3.32. The standard InChI is InChI=1S/C12H19N5O3/c1-16-6-8(5-14-16)10(11(18)19)15-12(20)17-4-2-3-9(13)7-17/h5-6,9-10H,2-4,7,13H2,1H3,(H,15,20)(H,18,19). The number of nitrogens with two attached hydrogens (primary N) is 1. The Balaban J connectivity index is 2.04. The molecule has 1 aliphatic rings. The molecule has 0 saturated carbocycles. The van der Waals surface area contributed by atoms with Gasteiger partial charge in [-0.2, -0.15) is 5.10 Å². The lowest BCUT2D eigenvalue weighted by Gasteiger charge is -2.31. The van der Waals surface area contributed by atoms with E-state index in [9.17, 15) is 14.7 Å². The summed E-state index contributed by atoms with van der Waals surface area (Å²) in [7, 11) is 1.69. The van der Waals surface area contributed by atoms with Crippen molar-refractivity contribution < 1.29 is 14.7 Å². The summed E-state index contributed by atoms with van der Waals surface area (Å²) < 4.78 is 1.49. The highest BCUT2D eigenvalue weighted by Gasteiger charge is 2.27. The summed E-state index contributed by atoms with van der Waals surface area (Å²) in [6.45, 7) is 1.05. The van der Waals surface area contributed by atoms with Crippen molar-refractivity contribution >= 4 is 12.0 Å². The van der Waals surface area contributed by atoms with Crippen LogP contribution in [-0.2, 0) is 11.8 Å². The van der Waals surface area contributed by atoms with Crippen LogP contribution in [0.25, 0.3) is 0 Å². The number of aryl methyl sites for hydroxylation is 1. The zero-order valence-corrected chi connectivity index (χ0v) is 11.3. The van der Waals surface area contributed by atoms with Crippen molar-refractivity contribution in [2.75, 3.05) is 13.1 Å². The summed E-state index contributed by atoms with van der Waals surface area (Å²) >= 11 is 0. The van der Waals surface area contributed by atoms with Gasteiger partial charge >= 0.3 is 12.0 Å². The fraction of sp³-hybridized carbons (Fsp3) is 0.583. The maximum atomic E-state index is 12.1. The second-order valence-corrected chi connectivity index (χ2v) is 5.02. The van der Waals surface area contributed by atoms with E-state index in [-0.39, 0.29) is 6.04 Å². The lowest BCUT2D eigenvalue weighted by Crippen LogP contribution is -2.51. The van der Waals surface area contributed by atoms with Crippen LogP contribution in [0.15, 0.2) is 12.4 Å². The Morgan fingerprint density at radius 1 is 1.60 bits per heavy atom. The normalized spacial score (nSPS) is 20.5. The van der Waals surface area contributed by atoms with Crippen molar-refractivity contribution in [3.63, 3.8) is 0 Å². The first-order chi connectivity index (χ1) is 9.47. The highest BCUT2D eigenvalue weighted by molar-refractivity contribution is 5.83. The monoisotopic (exact) mass is 281 g/mol. The highest BCUT2D eigenvalue weighted by atomic mass is 16.4. The van der Waals surface area contributed by atoms with Gasteiger partial charge in [0.2, 0.25) is 0 Å². The van der Waals surface area contributed by atoms with Gasteiger partial charge in [-0.3, -0.25) is 4.68 Å². The number of hydrogen-bond donors (Lipinski definition) is 3. The van der Waals surface area contributed by atoms with Crippen LogP contribution in [0, 0.1) is 0 Å². The SMILES string of the molecule is Cn1cc(C(NC(=O)N2CCCC(N)C2)C(=O)O)cn1. The summed E-state index contributed by atoms with van der Waals surface area (Å²) in [5.74, 6) is -1.12. The molecule has 20 heavy (non-hydrogen) atoms. The van der Waals surface area contributed by atoms with Gasteiger partial charge in [0.05, 0.1) is 6.20 Å².